The van der Waals surface area contributed by atoms with E-state index in [1.165, 1.54) is 12.8 Å². The van der Waals surface area contributed by atoms with Gasteiger partial charge in [-0.2, -0.15) is 11.8 Å². The number of thioether (sulfide) groups is 1. The normalized spacial score (nSPS) is 52.7. The minimum absolute atomic E-state index is 0.000579. The summed E-state index contributed by atoms with van der Waals surface area (Å²) in [5.74, 6) is 4.92. The van der Waals surface area contributed by atoms with Crippen LogP contribution in [0, 0.1) is 41.4 Å². The number of hydrogen-bond acceptors (Lipinski definition) is 9. The van der Waals surface area contributed by atoms with E-state index in [1.807, 2.05) is 11.8 Å². The van der Waals surface area contributed by atoms with Crippen LogP contribution in [0.4, 0.5) is 0 Å². The van der Waals surface area contributed by atoms with Gasteiger partial charge >= 0.3 is 0 Å². The predicted octanol–water partition coefficient (Wildman–Crippen LogP) is 7.01. The summed E-state index contributed by atoms with van der Waals surface area (Å²) in [7, 11) is 29.3. The maximum absolute atomic E-state index is 6.01. The Morgan fingerprint density at radius 3 is 1.38 bits per heavy atom. The van der Waals surface area contributed by atoms with Crippen molar-refractivity contribution in [1.82, 2.24) is 0 Å². The molecule has 0 amide bonds. The van der Waals surface area contributed by atoms with Gasteiger partial charge in [0.25, 0.3) is 0 Å². The van der Waals surface area contributed by atoms with Gasteiger partial charge in [0.2, 0.25) is 0 Å². The number of rotatable bonds is 5. The molecule has 9 heterocycles. The Morgan fingerprint density at radius 2 is 0.950 bits per heavy atom. The second-order valence-corrected chi connectivity index (χ2v) is 21.1. The van der Waals surface area contributed by atoms with Crippen LogP contribution in [0.5, 0.6) is 0 Å². The molecule has 9 saturated heterocycles. The zero-order valence-corrected chi connectivity index (χ0v) is 39.9. The molecule has 20 atom stereocenters. The van der Waals surface area contributed by atoms with Gasteiger partial charge in [-0.25, -0.2) is 0 Å². The maximum atomic E-state index is 6.01. The van der Waals surface area contributed by atoms with Crippen molar-refractivity contribution in [2.24, 2.45) is 41.4 Å². The van der Waals surface area contributed by atoms with Crippen LogP contribution in [0.25, 0.3) is 0 Å². The van der Waals surface area contributed by atoms with Crippen LogP contribution >= 0.6 is 11.8 Å². The summed E-state index contributed by atoms with van der Waals surface area (Å²) < 4.78 is 45.9. The lowest BCUT2D eigenvalue weighted by Crippen LogP contribution is -2.37. The Hall–Kier alpha value is 0.355. The van der Waals surface area contributed by atoms with Crippen LogP contribution in [-0.4, -0.2) is 147 Å². The molecule has 0 aromatic rings. The van der Waals surface area contributed by atoms with Crippen molar-refractivity contribution in [1.29, 1.82) is 0 Å². The molecule has 5 unspecified atom stereocenters. The molecular formula is C46H77B5O8S. The molecule has 9 aliphatic heterocycles. The SMILES string of the molecule is [B][C@@H]1O[C@@]2(CC)CCCO[C@H]1C2C.[B][C@@H]1O[C@@]2(CC)CC[C@H]1C2C.[B][C@@H]1O[C@@]2(CC)CO[C@H]1C2C.[B][C@@H]1O[C@@]2(CC)CS[C@H]1C2C.[B][C@@H]1O[C@]2(CC)CCCOC[C@@H]1C2C. The lowest BCUT2D eigenvalue weighted by Gasteiger charge is -2.34. The first-order valence-electron chi connectivity index (χ1n) is 24.1. The minimum Gasteiger partial charge on any atom is -0.381 e. The summed E-state index contributed by atoms with van der Waals surface area (Å²) in [5.41, 5.74) is 0.247. The van der Waals surface area contributed by atoms with E-state index < -0.39 is 0 Å². The minimum atomic E-state index is -0.213. The molecule has 14 heteroatoms. The molecular weight excluding hydrogens is 767 g/mol. The van der Waals surface area contributed by atoms with E-state index in [9.17, 15) is 0 Å². The first kappa shape index (κ1) is 49.8. The van der Waals surface area contributed by atoms with Gasteiger partial charge in [-0.3, -0.25) is 0 Å². The zero-order chi connectivity index (χ0) is 43.8. The van der Waals surface area contributed by atoms with Crippen molar-refractivity contribution in [3.8, 4) is 0 Å². The lowest BCUT2D eigenvalue weighted by atomic mass is 9.74. The van der Waals surface area contributed by atoms with E-state index >= 15 is 0 Å². The molecule has 8 nitrogen and oxygen atoms in total. The maximum Gasteiger partial charge on any atom is 0.112 e. The van der Waals surface area contributed by atoms with Crippen molar-refractivity contribution in [3.63, 3.8) is 0 Å². The second-order valence-electron chi connectivity index (χ2n) is 20.0. The summed E-state index contributed by atoms with van der Waals surface area (Å²) in [6.45, 7) is 25.3. The van der Waals surface area contributed by atoms with E-state index in [-0.39, 0.29) is 70.2 Å². The molecule has 1 aliphatic carbocycles. The highest BCUT2D eigenvalue weighted by molar-refractivity contribution is 8.00. The molecule has 330 valence electrons. The van der Waals surface area contributed by atoms with E-state index in [0.717, 1.165) is 90.0 Å². The van der Waals surface area contributed by atoms with Crippen LogP contribution in [0.3, 0.4) is 0 Å². The Labute approximate surface area is 376 Å². The van der Waals surface area contributed by atoms with E-state index in [2.05, 4.69) is 69.2 Å². The van der Waals surface area contributed by atoms with Gasteiger partial charge in [0.05, 0.1) is 53.4 Å². The average Bonchev–Trinajstić information content (AvgIpc) is 4.07. The van der Waals surface area contributed by atoms with Crippen LogP contribution in [0.1, 0.15) is 140 Å². The molecule has 10 fully saturated rings. The molecule has 10 bridgehead atoms. The Balaban J connectivity index is 0.000000126. The third-order valence-corrected chi connectivity index (χ3v) is 19.5. The highest BCUT2D eigenvalue weighted by Crippen LogP contribution is 2.54. The van der Waals surface area contributed by atoms with E-state index in [1.54, 1.807) is 0 Å². The van der Waals surface area contributed by atoms with Gasteiger partial charge in [0.1, 0.15) is 39.2 Å². The summed E-state index contributed by atoms with van der Waals surface area (Å²) >= 11 is 1.98. The Morgan fingerprint density at radius 1 is 0.483 bits per heavy atom. The number of fused-ring (bicyclic) bond motifs is 10. The Kier molecular flexibility index (Phi) is 16.7. The molecule has 10 aliphatic rings. The largest absolute Gasteiger partial charge is 0.381 e. The fourth-order valence-corrected chi connectivity index (χ4v) is 14.7. The third kappa shape index (κ3) is 9.09. The Bertz CT molecular complexity index is 1300. The van der Waals surface area contributed by atoms with E-state index in [4.69, 9.17) is 77.1 Å². The number of hydrogen-bond donors (Lipinski definition) is 0. The predicted molar refractivity (Wildman–Crippen MR) is 245 cm³/mol. The lowest BCUT2D eigenvalue weighted by molar-refractivity contribution is -0.115. The van der Waals surface area contributed by atoms with Gasteiger partial charge in [-0.05, 0) is 94.3 Å². The summed E-state index contributed by atoms with van der Waals surface area (Å²) in [4.78, 5) is 0. The van der Waals surface area contributed by atoms with Gasteiger partial charge in [-0.1, -0.05) is 69.2 Å². The zero-order valence-electron chi connectivity index (χ0n) is 39.0. The van der Waals surface area contributed by atoms with Gasteiger partial charge in [0, 0.05) is 72.0 Å². The third-order valence-electron chi connectivity index (χ3n) is 17.8. The van der Waals surface area contributed by atoms with Crippen LogP contribution in [0.15, 0.2) is 0 Å². The molecule has 0 N–H and O–H groups in total. The molecule has 0 spiro atoms. The molecule has 0 aromatic heterocycles. The van der Waals surface area contributed by atoms with E-state index in [0.29, 0.717) is 46.7 Å². The van der Waals surface area contributed by atoms with Crippen LogP contribution < -0.4 is 0 Å². The van der Waals surface area contributed by atoms with Crippen molar-refractivity contribution in [2.75, 3.05) is 32.2 Å². The first-order valence-corrected chi connectivity index (χ1v) is 25.1. The van der Waals surface area contributed by atoms with Crippen LogP contribution in [-0.2, 0) is 37.9 Å². The topological polar surface area (TPSA) is 73.8 Å². The molecule has 0 aromatic carbocycles. The highest BCUT2D eigenvalue weighted by Gasteiger charge is 2.57. The molecule has 10 rings (SSSR count). The van der Waals surface area contributed by atoms with Gasteiger partial charge < -0.3 is 37.9 Å². The molecule has 60 heavy (non-hydrogen) atoms. The van der Waals surface area contributed by atoms with Crippen LogP contribution in [0.2, 0.25) is 0 Å². The molecule has 1 saturated carbocycles. The summed E-state index contributed by atoms with van der Waals surface area (Å²) in [6.07, 6.45) is 12.5. The van der Waals surface area contributed by atoms with Crippen molar-refractivity contribution >= 4 is 51.0 Å². The summed E-state index contributed by atoms with van der Waals surface area (Å²) in [5, 5.41) is 0.551. The van der Waals surface area contributed by atoms with Gasteiger partial charge in [-0.15, -0.1) is 0 Å². The summed E-state index contributed by atoms with van der Waals surface area (Å²) in [6, 6.07) is -0.514. The van der Waals surface area contributed by atoms with Gasteiger partial charge in [0.15, 0.2) is 0 Å². The second kappa shape index (κ2) is 20.1. The standard InChI is InChI=1S/C11H19BO2.C10H17BO2.C9H15BO.C8H13BO2.C8H13BOS/c1-3-11-5-4-6-13-7-9(8(11)2)10(12)14-11;1-3-10-5-4-6-12-8(7(10)2)9(11)13-10;1-3-9-5-4-7(6(9)2)8(10)11-9;1-3-8-4-10-6(5(8)2)7(9)11-8;1-3-8-4-11-6(5(8)2)7(9)10-8/h8-10H,3-7H2,1-2H3;7-9H,3-6H2,1-2H3;6-8H,3-5H2,1-2H3;2*5-7H,3-4H2,1-2H3/t8?,9-,10-,11-;7?,8-,9+,10-;6?,7-,8+,9-;2*5?,6-,7+,8-/m10000/s1. The average molecular weight is 844 g/mol. The smallest absolute Gasteiger partial charge is 0.112 e. The fourth-order valence-electron chi connectivity index (χ4n) is 12.9. The monoisotopic (exact) mass is 845 g/mol. The van der Waals surface area contributed by atoms with Crippen molar-refractivity contribution in [2.45, 2.75) is 215 Å². The first-order chi connectivity index (χ1) is 28.5. The van der Waals surface area contributed by atoms with Crippen molar-refractivity contribution < 1.29 is 37.9 Å². The quantitative estimate of drug-likeness (QED) is 0.272. The fraction of sp³-hybridized carbons (Fsp3) is 1.00. The highest BCUT2D eigenvalue weighted by atomic mass is 32.2. The number of ether oxygens (including phenoxy) is 8. The van der Waals surface area contributed by atoms with Crippen molar-refractivity contribution in [3.05, 3.63) is 0 Å². The molecule has 10 radical (unpaired) electrons.